The molecule has 4 nitrogen and oxygen atoms in total. The molecule has 1 aliphatic rings. The molecule has 0 N–H and O–H groups in total. The van der Waals surface area contributed by atoms with Crippen LogP contribution in [-0.2, 0) is 7.05 Å². The number of allylic oxidation sites excluding steroid dienone is 2. The molecule has 200 valence electrons. The van der Waals surface area contributed by atoms with Crippen LogP contribution < -0.4 is 0 Å². The van der Waals surface area contributed by atoms with E-state index in [1.165, 1.54) is 66.0 Å². The van der Waals surface area contributed by atoms with Gasteiger partial charge < -0.3 is 9.88 Å². The summed E-state index contributed by atoms with van der Waals surface area (Å²) in [6.45, 7) is 0.675. The van der Waals surface area contributed by atoms with E-state index in [1.54, 1.807) is 6.20 Å². The highest BCUT2D eigenvalue weighted by atomic mass is 14.9. The van der Waals surface area contributed by atoms with Gasteiger partial charge in [0.25, 0.3) is 0 Å². The monoisotopic (exact) mass is 539 g/mol. The van der Waals surface area contributed by atoms with Crippen molar-refractivity contribution in [2.75, 3.05) is 6.54 Å². The Kier molecular flexibility index (Phi) is 5.71. The molecule has 0 unspecified atom stereocenters. The summed E-state index contributed by atoms with van der Waals surface area (Å²) in [6.07, 6.45) is 11.6. The zero-order valence-corrected chi connectivity index (χ0v) is 23.2. The first-order chi connectivity index (χ1) is 20.7. The molecular weight excluding hydrogens is 512 g/mol. The summed E-state index contributed by atoms with van der Waals surface area (Å²) in [5.41, 5.74) is 11.9. The SMILES string of the molecule is Cn1c2cc(C3=CC(c4cccnc4)=C[N-]C3)ccc2c2ccc3cc(-c4ccc(-c5ccncc5)cc4)ccc3c21. The Bertz CT molecular complexity index is 2170. The minimum absolute atomic E-state index is 0.675. The molecule has 0 bridgehead atoms. The van der Waals surface area contributed by atoms with Crippen molar-refractivity contribution in [2.24, 2.45) is 7.05 Å². The van der Waals surface area contributed by atoms with Gasteiger partial charge in [0.2, 0.25) is 0 Å². The van der Waals surface area contributed by atoms with E-state index >= 15 is 0 Å². The second kappa shape index (κ2) is 9.86. The van der Waals surface area contributed by atoms with E-state index in [4.69, 9.17) is 0 Å². The Hall–Kier alpha value is -5.48. The van der Waals surface area contributed by atoms with Crippen molar-refractivity contribution in [2.45, 2.75) is 0 Å². The van der Waals surface area contributed by atoms with Gasteiger partial charge in [0.15, 0.2) is 0 Å². The Morgan fingerprint density at radius 2 is 1.33 bits per heavy atom. The fraction of sp³-hybridized carbons (Fsp3) is 0.0526. The zero-order chi connectivity index (χ0) is 28.0. The Labute approximate surface area is 244 Å². The van der Waals surface area contributed by atoms with Crippen molar-refractivity contribution in [3.8, 4) is 22.3 Å². The molecule has 8 rings (SSSR count). The fourth-order valence-corrected chi connectivity index (χ4v) is 6.21. The maximum atomic E-state index is 4.66. The quantitative estimate of drug-likeness (QED) is 0.224. The van der Waals surface area contributed by atoms with Gasteiger partial charge >= 0.3 is 0 Å². The summed E-state index contributed by atoms with van der Waals surface area (Å²) in [6, 6.07) is 35.1. The third-order valence-corrected chi connectivity index (χ3v) is 8.40. The van der Waals surface area contributed by atoms with Crippen LogP contribution in [0.5, 0.6) is 0 Å². The van der Waals surface area contributed by atoms with Crippen molar-refractivity contribution >= 4 is 43.7 Å². The summed E-state index contributed by atoms with van der Waals surface area (Å²) < 4.78 is 2.35. The van der Waals surface area contributed by atoms with E-state index in [0.717, 1.165) is 11.1 Å². The van der Waals surface area contributed by atoms with Crippen LogP contribution in [0.3, 0.4) is 0 Å². The molecule has 0 amide bonds. The summed E-state index contributed by atoms with van der Waals surface area (Å²) in [4.78, 5) is 8.41. The standard InChI is InChI=1S/C38H27N4/c1-42-37-21-29(32-20-33(24-41-23-32)31-3-2-16-40-22-31)9-12-35(37)36-13-10-30-19-28(8-11-34(30)38(36)42)26-6-4-25(5-7-26)27-14-17-39-18-15-27/h2-22,24H,23H2,1H3/q-1. The fourth-order valence-electron chi connectivity index (χ4n) is 6.21. The minimum Gasteiger partial charge on any atom is -0.686 e. The molecule has 7 aromatic rings. The molecule has 4 heteroatoms. The van der Waals surface area contributed by atoms with Crippen LogP contribution in [0, 0.1) is 0 Å². The first-order valence-corrected chi connectivity index (χ1v) is 14.2. The molecule has 0 spiro atoms. The van der Waals surface area contributed by atoms with Crippen molar-refractivity contribution < 1.29 is 0 Å². The number of fused-ring (bicyclic) bond motifs is 5. The van der Waals surface area contributed by atoms with Gasteiger partial charge in [-0.15, -0.1) is 6.54 Å². The predicted molar refractivity (Wildman–Crippen MR) is 175 cm³/mol. The van der Waals surface area contributed by atoms with E-state index in [0.29, 0.717) is 6.54 Å². The number of hydrogen-bond donors (Lipinski definition) is 0. The van der Waals surface area contributed by atoms with Crippen molar-refractivity contribution in [1.29, 1.82) is 0 Å². The summed E-state index contributed by atoms with van der Waals surface area (Å²) >= 11 is 0. The van der Waals surface area contributed by atoms with E-state index in [9.17, 15) is 0 Å². The average molecular weight is 540 g/mol. The maximum absolute atomic E-state index is 4.66. The topological polar surface area (TPSA) is 44.8 Å². The number of aryl methyl sites for hydroxylation is 1. The van der Waals surface area contributed by atoms with E-state index < -0.39 is 0 Å². The van der Waals surface area contributed by atoms with Crippen LogP contribution in [0.4, 0.5) is 0 Å². The largest absolute Gasteiger partial charge is 0.686 e. The van der Waals surface area contributed by atoms with Gasteiger partial charge in [0.1, 0.15) is 0 Å². The van der Waals surface area contributed by atoms with E-state index in [-0.39, 0.29) is 0 Å². The lowest BCUT2D eigenvalue weighted by atomic mass is 9.96. The molecule has 0 saturated carbocycles. The molecule has 4 aromatic carbocycles. The molecule has 0 radical (unpaired) electrons. The van der Waals surface area contributed by atoms with Gasteiger partial charge in [-0.05, 0) is 74.7 Å². The van der Waals surface area contributed by atoms with Crippen LogP contribution in [0.1, 0.15) is 11.1 Å². The second-order valence-electron chi connectivity index (χ2n) is 10.8. The van der Waals surface area contributed by atoms with Crippen molar-refractivity contribution in [1.82, 2.24) is 14.5 Å². The maximum Gasteiger partial charge on any atom is 0.0568 e. The summed E-state index contributed by atoms with van der Waals surface area (Å²) in [5, 5.41) is 9.71. The number of aromatic nitrogens is 3. The highest BCUT2D eigenvalue weighted by molar-refractivity contribution is 6.18. The number of rotatable bonds is 4. The van der Waals surface area contributed by atoms with Crippen LogP contribution >= 0.6 is 0 Å². The average Bonchev–Trinajstić information content (AvgIpc) is 3.36. The molecule has 42 heavy (non-hydrogen) atoms. The molecule has 4 heterocycles. The van der Waals surface area contributed by atoms with Gasteiger partial charge in [0.05, 0.1) is 5.52 Å². The molecular formula is C38H27N4-. The van der Waals surface area contributed by atoms with Gasteiger partial charge in [-0.3, -0.25) is 9.97 Å². The smallest absolute Gasteiger partial charge is 0.0568 e. The Morgan fingerprint density at radius 1 is 0.619 bits per heavy atom. The first kappa shape index (κ1) is 24.3. The number of nitrogens with zero attached hydrogens (tertiary/aromatic N) is 4. The minimum atomic E-state index is 0.675. The Balaban J connectivity index is 1.18. The molecule has 0 atom stereocenters. The summed E-state index contributed by atoms with van der Waals surface area (Å²) in [7, 11) is 2.18. The van der Waals surface area contributed by atoms with Crippen LogP contribution in [0.2, 0.25) is 0 Å². The van der Waals surface area contributed by atoms with Crippen molar-refractivity contribution in [3.63, 3.8) is 0 Å². The van der Waals surface area contributed by atoms with E-state index in [2.05, 4.69) is 112 Å². The predicted octanol–water partition coefficient (Wildman–Crippen LogP) is 9.42. The van der Waals surface area contributed by atoms with Crippen LogP contribution in [-0.4, -0.2) is 21.1 Å². The van der Waals surface area contributed by atoms with Gasteiger partial charge in [-0.1, -0.05) is 78.4 Å². The highest BCUT2D eigenvalue weighted by Gasteiger charge is 2.14. The second-order valence-corrected chi connectivity index (χ2v) is 10.8. The normalized spacial score (nSPS) is 13.3. The lowest BCUT2D eigenvalue weighted by Crippen LogP contribution is -1.97. The van der Waals surface area contributed by atoms with E-state index in [1.807, 2.05) is 43.0 Å². The molecule has 0 saturated heterocycles. The molecule has 3 aromatic heterocycles. The number of benzene rings is 4. The number of pyridine rings is 2. The molecule has 1 aliphatic heterocycles. The zero-order valence-electron chi connectivity index (χ0n) is 23.2. The van der Waals surface area contributed by atoms with Crippen LogP contribution in [0.25, 0.3) is 71.3 Å². The lowest BCUT2D eigenvalue weighted by molar-refractivity contribution is 1.02. The molecule has 0 aliphatic carbocycles. The number of hydrogen-bond acceptors (Lipinski definition) is 2. The first-order valence-electron chi connectivity index (χ1n) is 14.2. The van der Waals surface area contributed by atoms with Crippen molar-refractivity contribution in [3.05, 3.63) is 151 Å². The van der Waals surface area contributed by atoms with Gasteiger partial charge in [-0.2, -0.15) is 6.20 Å². The highest BCUT2D eigenvalue weighted by Crippen LogP contribution is 2.37. The third kappa shape index (κ3) is 4.08. The van der Waals surface area contributed by atoms with Gasteiger partial charge in [0, 0.05) is 53.5 Å². The van der Waals surface area contributed by atoms with Crippen LogP contribution in [0.15, 0.2) is 134 Å². The van der Waals surface area contributed by atoms with Gasteiger partial charge in [-0.25, -0.2) is 0 Å². The Morgan fingerprint density at radius 3 is 2.14 bits per heavy atom. The third-order valence-electron chi connectivity index (χ3n) is 8.40. The lowest BCUT2D eigenvalue weighted by Gasteiger charge is -2.26. The summed E-state index contributed by atoms with van der Waals surface area (Å²) in [5.74, 6) is 0. The molecule has 0 fully saturated rings.